The Hall–Kier alpha value is -1.01. The maximum Gasteiger partial charge on any atom is 0.138 e. The van der Waals surface area contributed by atoms with Crippen molar-refractivity contribution in [1.82, 2.24) is 4.90 Å². The van der Waals surface area contributed by atoms with Crippen molar-refractivity contribution in [3.63, 3.8) is 0 Å². The van der Waals surface area contributed by atoms with Gasteiger partial charge in [-0.05, 0) is 55.0 Å². The number of aliphatic hydroxyl groups excluding tert-OH is 1. The average molecular weight is 502 g/mol. The van der Waals surface area contributed by atoms with E-state index in [1.807, 2.05) is 42.5 Å². The normalized spacial score (nSPS) is 24.3. The van der Waals surface area contributed by atoms with E-state index in [2.05, 4.69) is 11.0 Å². The molecule has 1 heterocycles. The lowest BCUT2D eigenvalue weighted by atomic mass is 9.74. The lowest BCUT2D eigenvalue weighted by molar-refractivity contribution is 0.0476. The van der Waals surface area contributed by atoms with E-state index in [0.29, 0.717) is 17.4 Å². The maximum atomic E-state index is 10.8. The number of benzene rings is 2. The number of likely N-dealkylation sites (tertiary alicyclic amines) is 1. The van der Waals surface area contributed by atoms with Crippen molar-refractivity contribution in [2.75, 3.05) is 19.6 Å². The number of hydrogen-bond donors (Lipinski definition) is 2. The summed E-state index contributed by atoms with van der Waals surface area (Å²) in [5, 5.41) is 11.4. The number of halogens is 3. The summed E-state index contributed by atoms with van der Waals surface area (Å²) >= 11 is 6.63. The molecule has 4 rings (SSSR count). The Morgan fingerprint density at radius 3 is 2.47 bits per heavy atom. The van der Waals surface area contributed by atoms with Gasteiger partial charge in [-0.15, -0.1) is 24.8 Å². The van der Waals surface area contributed by atoms with Crippen molar-refractivity contribution >= 4 is 36.4 Å². The van der Waals surface area contributed by atoms with Crippen LogP contribution in [0.25, 0.3) is 0 Å². The molecule has 178 valence electrons. The molecule has 2 fully saturated rings. The van der Waals surface area contributed by atoms with Gasteiger partial charge in [-0.1, -0.05) is 60.8 Å². The zero-order valence-corrected chi connectivity index (χ0v) is 20.8. The molecule has 0 spiro atoms. The molecule has 3 unspecified atom stereocenters. The predicted molar refractivity (Wildman–Crippen MR) is 136 cm³/mol. The lowest BCUT2D eigenvalue weighted by Gasteiger charge is -2.37. The molecule has 32 heavy (non-hydrogen) atoms. The standard InChI is InChI=1S/C25H33ClN2O2.2ClH/c26-23-14-19(10-11-25(23)30-17-18-6-2-1-3-7-18)22(16-28-13-12-20(27)15-28)21-8-4-5-9-24(21)29;;/h1-3,6-7,10-11,14,20-22,24,29H,4-5,8-9,12-13,15-17,27H2;2*1H/t20-,21?,22?,24?;;/m0../s1. The molecule has 1 aliphatic heterocycles. The molecule has 1 saturated carbocycles. The second-order valence-electron chi connectivity index (χ2n) is 8.89. The lowest BCUT2D eigenvalue weighted by Crippen LogP contribution is -2.37. The minimum atomic E-state index is -0.243. The van der Waals surface area contributed by atoms with E-state index in [0.717, 1.165) is 50.9 Å². The Morgan fingerprint density at radius 2 is 1.81 bits per heavy atom. The van der Waals surface area contributed by atoms with E-state index in [1.54, 1.807) is 0 Å². The molecule has 0 bridgehead atoms. The summed E-state index contributed by atoms with van der Waals surface area (Å²) in [7, 11) is 0. The molecule has 2 aliphatic rings. The highest BCUT2D eigenvalue weighted by molar-refractivity contribution is 6.32. The number of ether oxygens (including phenoxy) is 1. The molecule has 0 amide bonds. The van der Waals surface area contributed by atoms with E-state index in [-0.39, 0.29) is 48.8 Å². The maximum absolute atomic E-state index is 10.8. The third-order valence-electron chi connectivity index (χ3n) is 6.68. The molecule has 1 aliphatic carbocycles. The summed E-state index contributed by atoms with van der Waals surface area (Å²) in [4.78, 5) is 2.45. The highest BCUT2D eigenvalue weighted by atomic mass is 35.5. The molecule has 0 aromatic heterocycles. The van der Waals surface area contributed by atoms with Gasteiger partial charge in [-0.25, -0.2) is 0 Å². The molecule has 1 saturated heterocycles. The van der Waals surface area contributed by atoms with Crippen LogP contribution in [0.15, 0.2) is 48.5 Å². The van der Waals surface area contributed by atoms with Gasteiger partial charge in [0.1, 0.15) is 12.4 Å². The van der Waals surface area contributed by atoms with E-state index >= 15 is 0 Å². The third-order valence-corrected chi connectivity index (χ3v) is 6.98. The first-order valence-electron chi connectivity index (χ1n) is 11.2. The minimum Gasteiger partial charge on any atom is -0.487 e. The first-order chi connectivity index (χ1) is 14.6. The fourth-order valence-electron chi connectivity index (χ4n) is 5.00. The fraction of sp³-hybridized carbons (Fsp3) is 0.520. The van der Waals surface area contributed by atoms with Gasteiger partial charge < -0.3 is 20.5 Å². The summed E-state index contributed by atoms with van der Waals surface area (Å²) in [6, 6.07) is 16.5. The van der Waals surface area contributed by atoms with Crippen molar-refractivity contribution in [2.45, 2.75) is 56.8 Å². The van der Waals surface area contributed by atoms with Crippen molar-refractivity contribution < 1.29 is 9.84 Å². The van der Waals surface area contributed by atoms with Gasteiger partial charge in [0.05, 0.1) is 11.1 Å². The molecule has 7 heteroatoms. The Bertz CT molecular complexity index is 824. The minimum absolute atomic E-state index is 0. The van der Waals surface area contributed by atoms with Crippen LogP contribution in [0.5, 0.6) is 5.75 Å². The fourth-order valence-corrected chi connectivity index (χ4v) is 5.25. The molecule has 4 nitrogen and oxygen atoms in total. The smallest absolute Gasteiger partial charge is 0.138 e. The Labute approximate surface area is 209 Å². The van der Waals surface area contributed by atoms with Crippen molar-refractivity contribution in [3.05, 3.63) is 64.7 Å². The Balaban J connectivity index is 0.00000181. The van der Waals surface area contributed by atoms with Gasteiger partial charge in [0.25, 0.3) is 0 Å². The first-order valence-corrected chi connectivity index (χ1v) is 11.6. The van der Waals surface area contributed by atoms with Crippen LogP contribution in [0.2, 0.25) is 5.02 Å². The zero-order valence-electron chi connectivity index (χ0n) is 18.4. The van der Waals surface area contributed by atoms with Crippen LogP contribution in [0.4, 0.5) is 0 Å². The van der Waals surface area contributed by atoms with Gasteiger partial charge in [0, 0.05) is 25.0 Å². The van der Waals surface area contributed by atoms with Gasteiger partial charge >= 0.3 is 0 Å². The summed E-state index contributed by atoms with van der Waals surface area (Å²) in [5.41, 5.74) is 8.45. The van der Waals surface area contributed by atoms with E-state index in [1.165, 1.54) is 12.0 Å². The summed E-state index contributed by atoms with van der Waals surface area (Å²) < 4.78 is 5.96. The van der Waals surface area contributed by atoms with Gasteiger partial charge in [-0.2, -0.15) is 0 Å². The topological polar surface area (TPSA) is 58.7 Å². The van der Waals surface area contributed by atoms with Crippen LogP contribution in [0.3, 0.4) is 0 Å². The predicted octanol–water partition coefficient (Wildman–Crippen LogP) is 5.43. The number of nitrogens with zero attached hydrogens (tertiary/aromatic N) is 1. The third kappa shape index (κ3) is 6.99. The molecular weight excluding hydrogens is 467 g/mol. The van der Waals surface area contributed by atoms with Crippen LogP contribution >= 0.6 is 36.4 Å². The second-order valence-corrected chi connectivity index (χ2v) is 9.30. The summed E-state index contributed by atoms with van der Waals surface area (Å²) in [6.45, 7) is 3.39. The van der Waals surface area contributed by atoms with Gasteiger partial charge in [-0.3, -0.25) is 0 Å². The number of hydrogen-bond acceptors (Lipinski definition) is 4. The summed E-state index contributed by atoms with van der Waals surface area (Å²) in [5.74, 6) is 1.23. The molecular formula is C25H35Cl3N2O2. The number of aliphatic hydroxyl groups is 1. The van der Waals surface area contributed by atoms with Crippen molar-refractivity contribution in [3.8, 4) is 5.75 Å². The molecule has 2 aromatic carbocycles. The Kier molecular flexibility index (Phi) is 11.1. The van der Waals surface area contributed by atoms with E-state index in [9.17, 15) is 5.11 Å². The Morgan fingerprint density at radius 1 is 1.06 bits per heavy atom. The quantitative estimate of drug-likeness (QED) is 0.531. The van der Waals surface area contributed by atoms with Gasteiger partial charge in [0.2, 0.25) is 0 Å². The van der Waals surface area contributed by atoms with Crippen LogP contribution in [-0.4, -0.2) is 41.8 Å². The van der Waals surface area contributed by atoms with Crippen molar-refractivity contribution in [2.24, 2.45) is 11.7 Å². The van der Waals surface area contributed by atoms with Gasteiger partial charge in [0.15, 0.2) is 0 Å². The second kappa shape index (κ2) is 13.0. The number of nitrogens with two attached hydrogens (primary N) is 1. The molecule has 2 aromatic rings. The number of rotatable bonds is 7. The van der Waals surface area contributed by atoms with Crippen LogP contribution in [0.1, 0.15) is 49.1 Å². The van der Waals surface area contributed by atoms with Crippen LogP contribution in [-0.2, 0) is 6.61 Å². The highest BCUT2D eigenvalue weighted by Gasteiger charge is 2.34. The van der Waals surface area contributed by atoms with Crippen LogP contribution in [0, 0.1) is 5.92 Å². The molecule has 0 radical (unpaired) electrons. The zero-order chi connectivity index (χ0) is 20.9. The molecule has 4 atom stereocenters. The highest BCUT2D eigenvalue weighted by Crippen LogP contribution is 2.39. The summed E-state index contributed by atoms with van der Waals surface area (Å²) in [6.07, 6.45) is 5.07. The van der Waals surface area contributed by atoms with E-state index < -0.39 is 0 Å². The SMILES string of the molecule is Cl.Cl.N[C@H]1CCN(CC(c2ccc(OCc3ccccc3)c(Cl)c2)C2CCCCC2O)C1. The molecule has 3 N–H and O–H groups in total. The van der Waals surface area contributed by atoms with Crippen molar-refractivity contribution in [1.29, 1.82) is 0 Å². The average Bonchev–Trinajstić information content (AvgIpc) is 3.17. The first kappa shape index (κ1) is 27.2. The largest absolute Gasteiger partial charge is 0.487 e. The van der Waals surface area contributed by atoms with E-state index in [4.69, 9.17) is 22.1 Å². The van der Waals surface area contributed by atoms with Crippen LogP contribution < -0.4 is 10.5 Å². The monoisotopic (exact) mass is 500 g/mol.